The molecule has 2 aliphatic carbocycles. The fraction of sp³-hybridized carbons (Fsp3) is 0.917. The molecule has 1 radical (unpaired) electrons. The number of ether oxygens (including phenoxy) is 2. The van der Waals surface area contributed by atoms with Gasteiger partial charge in [0.2, 0.25) is 0 Å². The van der Waals surface area contributed by atoms with E-state index in [1.54, 1.807) is 0 Å². The second-order valence-electron chi connectivity index (χ2n) is 4.79. The first-order valence-electron chi connectivity index (χ1n) is 5.81. The zero-order valence-corrected chi connectivity index (χ0v) is 9.24. The maximum absolute atomic E-state index is 5.69. The molecule has 0 bridgehead atoms. The second-order valence-corrected chi connectivity index (χ2v) is 4.79. The number of hydrogen-bond acceptors (Lipinski definition) is 2. The molecule has 0 aromatic heterocycles. The van der Waals surface area contributed by atoms with E-state index >= 15 is 0 Å². The van der Waals surface area contributed by atoms with Gasteiger partial charge in [-0.25, -0.2) is 0 Å². The summed E-state index contributed by atoms with van der Waals surface area (Å²) in [7, 11) is 0. The van der Waals surface area contributed by atoms with E-state index < -0.39 is 0 Å². The Bertz CT molecular complexity index is 165. The van der Waals surface area contributed by atoms with Crippen LogP contribution in [0.4, 0.5) is 0 Å². The molecule has 0 heterocycles. The first kappa shape index (κ1) is 10.4. The standard InChI is InChI=1S/C12H21O2/c1-8(11-4-5-11)13-10(3)14-9(2)12-6-7-12/h8-12H,3-7H2,1-2H3. The van der Waals surface area contributed by atoms with Gasteiger partial charge in [0.1, 0.15) is 0 Å². The van der Waals surface area contributed by atoms with Crippen molar-refractivity contribution in [2.24, 2.45) is 11.8 Å². The first-order chi connectivity index (χ1) is 6.66. The molecule has 2 aliphatic rings. The molecule has 0 spiro atoms. The van der Waals surface area contributed by atoms with Crippen molar-refractivity contribution in [2.75, 3.05) is 0 Å². The zero-order valence-electron chi connectivity index (χ0n) is 9.24. The van der Waals surface area contributed by atoms with Crippen LogP contribution in [0.25, 0.3) is 0 Å². The Hall–Kier alpha value is -0.0800. The molecule has 2 fully saturated rings. The van der Waals surface area contributed by atoms with E-state index in [0.717, 1.165) is 11.8 Å². The third-order valence-electron chi connectivity index (χ3n) is 3.30. The Labute approximate surface area is 87.0 Å². The van der Waals surface area contributed by atoms with Crippen molar-refractivity contribution in [2.45, 2.75) is 58.0 Å². The van der Waals surface area contributed by atoms with Crippen LogP contribution < -0.4 is 0 Å². The summed E-state index contributed by atoms with van der Waals surface area (Å²) < 4.78 is 11.4. The molecule has 0 aliphatic heterocycles. The fourth-order valence-electron chi connectivity index (χ4n) is 1.86. The number of hydrogen-bond donors (Lipinski definition) is 0. The topological polar surface area (TPSA) is 18.5 Å². The van der Waals surface area contributed by atoms with E-state index in [0.29, 0.717) is 12.2 Å². The molecule has 2 unspecified atom stereocenters. The van der Waals surface area contributed by atoms with Crippen molar-refractivity contribution >= 4 is 0 Å². The number of rotatable bonds is 6. The van der Waals surface area contributed by atoms with Gasteiger partial charge < -0.3 is 9.47 Å². The third kappa shape index (κ3) is 2.96. The van der Waals surface area contributed by atoms with Crippen LogP contribution in [0.15, 0.2) is 0 Å². The van der Waals surface area contributed by atoms with Gasteiger partial charge in [-0.1, -0.05) is 0 Å². The van der Waals surface area contributed by atoms with Crippen LogP contribution in [0.3, 0.4) is 0 Å². The normalized spacial score (nSPS) is 28.5. The SMILES string of the molecule is [CH2]C(OC(C)C1CC1)OC(C)C1CC1. The largest absolute Gasteiger partial charge is 0.349 e. The highest BCUT2D eigenvalue weighted by molar-refractivity contribution is 4.81. The lowest BCUT2D eigenvalue weighted by Crippen LogP contribution is -2.26. The molecule has 81 valence electrons. The average molecular weight is 197 g/mol. The summed E-state index contributed by atoms with van der Waals surface area (Å²) in [6.45, 7) is 8.15. The molecule has 2 nitrogen and oxygen atoms in total. The van der Waals surface area contributed by atoms with E-state index in [9.17, 15) is 0 Å². The Morgan fingerprint density at radius 3 is 1.57 bits per heavy atom. The molecular formula is C12H21O2. The van der Waals surface area contributed by atoms with Gasteiger partial charge >= 0.3 is 0 Å². The summed E-state index contributed by atoms with van der Waals surface area (Å²) in [6.07, 6.45) is 5.62. The van der Waals surface area contributed by atoms with Crippen molar-refractivity contribution in [3.8, 4) is 0 Å². The summed E-state index contributed by atoms with van der Waals surface area (Å²) in [4.78, 5) is 0. The van der Waals surface area contributed by atoms with Crippen LogP contribution in [-0.4, -0.2) is 18.5 Å². The molecule has 14 heavy (non-hydrogen) atoms. The van der Waals surface area contributed by atoms with Gasteiger partial charge in [0.15, 0.2) is 6.29 Å². The van der Waals surface area contributed by atoms with Crippen LogP contribution in [-0.2, 0) is 9.47 Å². The Morgan fingerprint density at radius 2 is 1.29 bits per heavy atom. The van der Waals surface area contributed by atoms with Crippen molar-refractivity contribution < 1.29 is 9.47 Å². The maximum Gasteiger partial charge on any atom is 0.158 e. The van der Waals surface area contributed by atoms with E-state index in [4.69, 9.17) is 9.47 Å². The van der Waals surface area contributed by atoms with Crippen molar-refractivity contribution in [3.05, 3.63) is 6.92 Å². The smallest absolute Gasteiger partial charge is 0.158 e. The highest BCUT2D eigenvalue weighted by Crippen LogP contribution is 2.36. The van der Waals surface area contributed by atoms with Gasteiger partial charge in [0, 0.05) is 6.92 Å². The second kappa shape index (κ2) is 4.19. The van der Waals surface area contributed by atoms with Crippen LogP contribution in [0, 0.1) is 18.8 Å². The summed E-state index contributed by atoms with van der Waals surface area (Å²) in [5.74, 6) is 1.53. The van der Waals surface area contributed by atoms with Gasteiger partial charge in [-0.15, -0.1) is 0 Å². The molecule has 0 N–H and O–H groups in total. The van der Waals surface area contributed by atoms with Crippen molar-refractivity contribution in [3.63, 3.8) is 0 Å². The van der Waals surface area contributed by atoms with E-state index in [1.165, 1.54) is 25.7 Å². The molecule has 0 aromatic carbocycles. The van der Waals surface area contributed by atoms with Gasteiger partial charge in [0.25, 0.3) is 0 Å². The van der Waals surface area contributed by atoms with Crippen molar-refractivity contribution in [1.82, 2.24) is 0 Å². The molecule has 0 amide bonds. The molecule has 2 saturated carbocycles. The van der Waals surface area contributed by atoms with Gasteiger partial charge in [0.05, 0.1) is 12.2 Å². The lowest BCUT2D eigenvalue weighted by Gasteiger charge is -2.22. The fourth-order valence-corrected chi connectivity index (χ4v) is 1.86. The average Bonchev–Trinajstić information content (AvgIpc) is 2.98. The van der Waals surface area contributed by atoms with E-state index in [2.05, 4.69) is 20.8 Å². The van der Waals surface area contributed by atoms with Crippen molar-refractivity contribution in [1.29, 1.82) is 0 Å². The molecule has 0 saturated heterocycles. The summed E-state index contributed by atoms with van der Waals surface area (Å²) in [5.41, 5.74) is 0. The minimum atomic E-state index is -0.277. The Kier molecular flexibility index (Phi) is 3.13. The lowest BCUT2D eigenvalue weighted by molar-refractivity contribution is -0.170. The van der Waals surface area contributed by atoms with Crippen LogP contribution >= 0.6 is 0 Å². The predicted octanol–water partition coefficient (Wildman–Crippen LogP) is 2.78. The summed E-state index contributed by atoms with van der Waals surface area (Å²) in [5, 5.41) is 0. The van der Waals surface area contributed by atoms with Crippen LogP contribution in [0.1, 0.15) is 39.5 Å². The monoisotopic (exact) mass is 197 g/mol. The Balaban J connectivity index is 1.63. The predicted molar refractivity (Wildman–Crippen MR) is 55.7 cm³/mol. The molecular weight excluding hydrogens is 176 g/mol. The Morgan fingerprint density at radius 1 is 0.929 bits per heavy atom. The summed E-state index contributed by atoms with van der Waals surface area (Å²) in [6, 6.07) is 0. The quantitative estimate of drug-likeness (QED) is 0.610. The van der Waals surface area contributed by atoms with E-state index in [1.807, 2.05) is 0 Å². The third-order valence-corrected chi connectivity index (χ3v) is 3.30. The highest BCUT2D eigenvalue weighted by atomic mass is 16.7. The zero-order chi connectivity index (χ0) is 10.1. The highest BCUT2D eigenvalue weighted by Gasteiger charge is 2.32. The lowest BCUT2D eigenvalue weighted by atomic mass is 10.2. The van der Waals surface area contributed by atoms with Gasteiger partial charge in [-0.2, -0.15) is 0 Å². The molecule has 2 rings (SSSR count). The summed E-state index contributed by atoms with van der Waals surface area (Å²) >= 11 is 0. The molecule has 0 aromatic rings. The van der Waals surface area contributed by atoms with E-state index in [-0.39, 0.29) is 6.29 Å². The minimum Gasteiger partial charge on any atom is -0.349 e. The van der Waals surface area contributed by atoms with Gasteiger partial charge in [-0.05, 0) is 51.4 Å². The minimum absolute atomic E-state index is 0.277. The molecule has 2 heteroatoms. The van der Waals surface area contributed by atoms with Gasteiger partial charge in [-0.3, -0.25) is 0 Å². The maximum atomic E-state index is 5.69. The van der Waals surface area contributed by atoms with Crippen LogP contribution in [0.5, 0.6) is 0 Å². The van der Waals surface area contributed by atoms with Crippen LogP contribution in [0.2, 0.25) is 0 Å². The molecule has 2 atom stereocenters. The first-order valence-corrected chi connectivity index (χ1v) is 5.81.